The van der Waals surface area contributed by atoms with E-state index in [1.807, 2.05) is 0 Å². The van der Waals surface area contributed by atoms with Crippen molar-refractivity contribution in [2.75, 3.05) is 27.8 Å². The van der Waals surface area contributed by atoms with Crippen LogP contribution >= 0.6 is 12.4 Å². The Bertz CT molecular complexity index is 142. The quantitative estimate of drug-likeness (QED) is 0.662. The van der Waals surface area contributed by atoms with Gasteiger partial charge in [-0.3, -0.25) is 4.79 Å². The largest absolute Gasteiger partial charge is 0.385 e. The molecule has 0 saturated heterocycles. The molecule has 0 radical (unpaired) electrons. The number of carbonyl (C=O) groups is 1. The lowest BCUT2D eigenvalue weighted by molar-refractivity contribution is -0.130. The van der Waals surface area contributed by atoms with Gasteiger partial charge in [-0.15, -0.1) is 12.4 Å². The highest BCUT2D eigenvalue weighted by molar-refractivity contribution is 5.85. The van der Waals surface area contributed by atoms with Gasteiger partial charge in [0.1, 0.15) is 0 Å². The summed E-state index contributed by atoms with van der Waals surface area (Å²) in [7, 11) is 5.05. The Balaban J connectivity index is 0. The maximum absolute atomic E-state index is 11.2. The lowest BCUT2D eigenvalue weighted by Gasteiger charge is -2.16. The van der Waals surface area contributed by atoms with Crippen molar-refractivity contribution in [3.05, 3.63) is 0 Å². The standard InChI is InChI=1S/C8H18N2O2.ClH/c1-10(2)8(11)7(9)5-4-6-12-3;/h7H,4-6,9H2,1-3H3;1H. The molecule has 0 fully saturated rings. The van der Waals surface area contributed by atoms with Crippen molar-refractivity contribution in [1.82, 2.24) is 4.90 Å². The summed E-state index contributed by atoms with van der Waals surface area (Å²) in [6.07, 6.45) is 1.52. The Morgan fingerprint density at radius 3 is 2.46 bits per heavy atom. The van der Waals surface area contributed by atoms with Crippen LogP contribution in [0.2, 0.25) is 0 Å². The lowest BCUT2D eigenvalue weighted by atomic mass is 10.1. The average molecular weight is 211 g/mol. The minimum Gasteiger partial charge on any atom is -0.385 e. The van der Waals surface area contributed by atoms with Crippen molar-refractivity contribution in [3.63, 3.8) is 0 Å². The van der Waals surface area contributed by atoms with Gasteiger partial charge in [0.15, 0.2) is 0 Å². The molecule has 4 nitrogen and oxygen atoms in total. The van der Waals surface area contributed by atoms with Crippen LogP contribution in [0.5, 0.6) is 0 Å². The number of hydrogen-bond acceptors (Lipinski definition) is 3. The molecule has 80 valence electrons. The summed E-state index contributed by atoms with van der Waals surface area (Å²) in [5.41, 5.74) is 5.61. The smallest absolute Gasteiger partial charge is 0.238 e. The van der Waals surface area contributed by atoms with E-state index in [0.29, 0.717) is 13.0 Å². The van der Waals surface area contributed by atoms with Gasteiger partial charge in [0.05, 0.1) is 6.04 Å². The molecule has 0 aromatic rings. The third-order valence-corrected chi connectivity index (χ3v) is 1.62. The molecule has 0 saturated carbocycles. The van der Waals surface area contributed by atoms with E-state index in [1.165, 1.54) is 4.90 Å². The van der Waals surface area contributed by atoms with E-state index in [4.69, 9.17) is 10.5 Å². The van der Waals surface area contributed by atoms with Crippen LogP contribution in [-0.4, -0.2) is 44.7 Å². The average Bonchev–Trinajstić information content (AvgIpc) is 2.03. The Hall–Kier alpha value is -0.320. The van der Waals surface area contributed by atoms with Gasteiger partial charge in [0.2, 0.25) is 5.91 Å². The third-order valence-electron chi connectivity index (χ3n) is 1.62. The first-order chi connectivity index (χ1) is 5.59. The van der Waals surface area contributed by atoms with Crippen LogP contribution in [0.25, 0.3) is 0 Å². The van der Waals surface area contributed by atoms with Gasteiger partial charge >= 0.3 is 0 Å². The van der Waals surface area contributed by atoms with Gasteiger partial charge in [0, 0.05) is 27.8 Å². The predicted octanol–water partition coefficient (Wildman–Crippen LogP) is 0.250. The maximum Gasteiger partial charge on any atom is 0.238 e. The fraction of sp³-hybridized carbons (Fsp3) is 0.875. The molecule has 1 amide bonds. The molecule has 0 aliphatic heterocycles. The molecule has 0 aromatic carbocycles. The number of hydrogen-bond donors (Lipinski definition) is 1. The van der Waals surface area contributed by atoms with Crippen molar-refractivity contribution in [2.24, 2.45) is 5.73 Å². The summed E-state index contributed by atoms with van der Waals surface area (Å²) >= 11 is 0. The summed E-state index contributed by atoms with van der Waals surface area (Å²) in [4.78, 5) is 12.7. The Morgan fingerprint density at radius 2 is 2.08 bits per heavy atom. The second kappa shape index (κ2) is 8.29. The zero-order valence-corrected chi connectivity index (χ0v) is 9.26. The summed E-state index contributed by atoms with van der Waals surface area (Å²) in [5.74, 6) is -0.0221. The minimum absolute atomic E-state index is 0. The molecule has 0 rings (SSSR count). The van der Waals surface area contributed by atoms with Crippen molar-refractivity contribution in [3.8, 4) is 0 Å². The van der Waals surface area contributed by atoms with Crippen molar-refractivity contribution in [1.29, 1.82) is 0 Å². The normalized spacial score (nSPS) is 11.7. The van der Waals surface area contributed by atoms with Crippen LogP contribution in [0.1, 0.15) is 12.8 Å². The van der Waals surface area contributed by atoms with Gasteiger partial charge in [-0.2, -0.15) is 0 Å². The molecule has 0 bridgehead atoms. The fourth-order valence-corrected chi connectivity index (χ4v) is 0.903. The monoisotopic (exact) mass is 210 g/mol. The maximum atomic E-state index is 11.2. The van der Waals surface area contributed by atoms with Crippen LogP contribution in [0.4, 0.5) is 0 Å². The number of likely N-dealkylation sites (N-methyl/N-ethyl adjacent to an activating group) is 1. The zero-order valence-electron chi connectivity index (χ0n) is 8.45. The fourth-order valence-electron chi connectivity index (χ4n) is 0.903. The predicted molar refractivity (Wildman–Crippen MR) is 55.0 cm³/mol. The topological polar surface area (TPSA) is 55.6 Å². The highest BCUT2D eigenvalue weighted by Crippen LogP contribution is 1.97. The van der Waals surface area contributed by atoms with Crippen LogP contribution in [0.3, 0.4) is 0 Å². The van der Waals surface area contributed by atoms with Crippen LogP contribution in [0.15, 0.2) is 0 Å². The molecule has 0 heterocycles. The summed E-state index contributed by atoms with van der Waals surface area (Å²) in [6, 6.07) is -0.379. The summed E-state index contributed by atoms with van der Waals surface area (Å²) in [5, 5.41) is 0. The molecule has 1 unspecified atom stereocenters. The Morgan fingerprint density at radius 1 is 1.54 bits per heavy atom. The number of halogens is 1. The van der Waals surface area contributed by atoms with E-state index in [2.05, 4.69) is 0 Å². The first-order valence-corrected chi connectivity index (χ1v) is 4.05. The SMILES string of the molecule is COCCCC(N)C(=O)N(C)C.Cl. The molecule has 1 atom stereocenters. The highest BCUT2D eigenvalue weighted by atomic mass is 35.5. The van der Waals surface area contributed by atoms with E-state index in [-0.39, 0.29) is 24.4 Å². The Kier molecular flexibility index (Phi) is 9.67. The molecule has 5 heteroatoms. The molecule has 0 spiro atoms. The summed E-state index contributed by atoms with van der Waals surface area (Å²) < 4.78 is 4.85. The molecular weight excluding hydrogens is 192 g/mol. The third kappa shape index (κ3) is 6.81. The first-order valence-electron chi connectivity index (χ1n) is 4.05. The van der Waals surface area contributed by atoms with E-state index in [9.17, 15) is 4.79 Å². The number of rotatable bonds is 5. The van der Waals surface area contributed by atoms with Gasteiger partial charge in [-0.05, 0) is 12.8 Å². The molecule has 0 aliphatic rings. The van der Waals surface area contributed by atoms with Gasteiger partial charge in [0.25, 0.3) is 0 Å². The molecule has 2 N–H and O–H groups in total. The van der Waals surface area contributed by atoms with E-state index >= 15 is 0 Å². The van der Waals surface area contributed by atoms with Gasteiger partial charge in [-0.25, -0.2) is 0 Å². The number of nitrogens with two attached hydrogens (primary N) is 1. The number of methoxy groups -OCH3 is 1. The molecule has 0 aliphatic carbocycles. The van der Waals surface area contributed by atoms with Crippen molar-refractivity contribution < 1.29 is 9.53 Å². The summed E-state index contributed by atoms with van der Waals surface area (Å²) in [6.45, 7) is 0.661. The Labute approximate surface area is 85.8 Å². The van der Waals surface area contributed by atoms with E-state index in [0.717, 1.165) is 6.42 Å². The number of nitrogens with zero attached hydrogens (tertiary/aromatic N) is 1. The van der Waals surface area contributed by atoms with Crippen LogP contribution < -0.4 is 5.73 Å². The highest BCUT2D eigenvalue weighted by Gasteiger charge is 2.13. The van der Waals surface area contributed by atoms with E-state index in [1.54, 1.807) is 21.2 Å². The lowest BCUT2D eigenvalue weighted by Crippen LogP contribution is -2.39. The number of carbonyl (C=O) groups excluding carboxylic acids is 1. The number of amides is 1. The van der Waals surface area contributed by atoms with Gasteiger partial charge < -0.3 is 15.4 Å². The first kappa shape index (κ1) is 15.2. The van der Waals surface area contributed by atoms with E-state index < -0.39 is 0 Å². The van der Waals surface area contributed by atoms with Gasteiger partial charge in [-0.1, -0.05) is 0 Å². The second-order valence-corrected chi connectivity index (χ2v) is 2.97. The molecule has 13 heavy (non-hydrogen) atoms. The zero-order chi connectivity index (χ0) is 9.56. The van der Waals surface area contributed by atoms with Crippen LogP contribution in [-0.2, 0) is 9.53 Å². The second-order valence-electron chi connectivity index (χ2n) is 2.97. The number of ether oxygens (including phenoxy) is 1. The molecule has 0 aromatic heterocycles. The minimum atomic E-state index is -0.379. The van der Waals surface area contributed by atoms with Crippen LogP contribution in [0, 0.1) is 0 Å². The molecular formula is C8H19ClN2O2. The van der Waals surface area contributed by atoms with Crippen molar-refractivity contribution >= 4 is 18.3 Å². The van der Waals surface area contributed by atoms with Crippen molar-refractivity contribution in [2.45, 2.75) is 18.9 Å².